The molecular weight excluding hydrogens is 264 g/mol. The zero-order chi connectivity index (χ0) is 14.1. The van der Waals surface area contributed by atoms with E-state index in [0.29, 0.717) is 24.6 Å². The maximum absolute atomic E-state index is 12.3. The minimum absolute atomic E-state index is 0.0119. The van der Waals surface area contributed by atoms with Gasteiger partial charge in [0.15, 0.2) is 5.03 Å². The molecule has 2 N–H and O–H groups in total. The van der Waals surface area contributed by atoms with Crippen LogP contribution in [0.3, 0.4) is 0 Å². The van der Waals surface area contributed by atoms with Crippen LogP contribution in [0.25, 0.3) is 0 Å². The number of hydrogen-bond donors (Lipinski definition) is 2. The van der Waals surface area contributed by atoms with Gasteiger partial charge >= 0.3 is 0 Å². The maximum atomic E-state index is 12.3. The fraction of sp³-hybridized carbons (Fsp3) is 0.667. The van der Waals surface area contributed by atoms with Gasteiger partial charge in [0.2, 0.25) is 0 Å². The van der Waals surface area contributed by atoms with E-state index >= 15 is 0 Å². The highest BCUT2D eigenvalue weighted by Crippen LogP contribution is 2.32. The summed E-state index contributed by atoms with van der Waals surface area (Å²) in [5.74, 6) is 0.878. The van der Waals surface area contributed by atoms with Gasteiger partial charge in [-0.1, -0.05) is 19.8 Å². The van der Waals surface area contributed by atoms with Crippen molar-refractivity contribution < 1.29 is 8.42 Å². The molecule has 2 rings (SSSR count). The molecule has 0 saturated heterocycles. The molecule has 1 aliphatic carbocycles. The summed E-state index contributed by atoms with van der Waals surface area (Å²) in [6.07, 6.45) is 4.28. The van der Waals surface area contributed by atoms with E-state index in [0.717, 1.165) is 12.8 Å². The van der Waals surface area contributed by atoms with Gasteiger partial charge in [0, 0.05) is 0 Å². The van der Waals surface area contributed by atoms with Crippen molar-refractivity contribution in [3.8, 4) is 6.07 Å². The van der Waals surface area contributed by atoms with Crippen molar-refractivity contribution in [1.29, 1.82) is 5.26 Å². The SMILES string of the molecule is Cc1ncc(S(=O)(=O)NC2(C#N)CCCC(C)C2)[nH]1. The average molecular weight is 282 g/mol. The van der Waals surface area contributed by atoms with Crippen LogP contribution in [-0.4, -0.2) is 23.9 Å². The van der Waals surface area contributed by atoms with Crippen LogP contribution in [0.1, 0.15) is 38.4 Å². The molecule has 19 heavy (non-hydrogen) atoms. The number of hydrogen-bond acceptors (Lipinski definition) is 4. The van der Waals surface area contributed by atoms with Crippen molar-refractivity contribution in [2.24, 2.45) is 5.92 Å². The van der Waals surface area contributed by atoms with Gasteiger partial charge in [-0.05, 0) is 25.7 Å². The molecule has 0 radical (unpaired) electrons. The number of nitrogens with zero attached hydrogens (tertiary/aromatic N) is 2. The van der Waals surface area contributed by atoms with Gasteiger partial charge in [-0.2, -0.15) is 9.98 Å². The number of rotatable bonds is 3. The van der Waals surface area contributed by atoms with Gasteiger partial charge in [-0.15, -0.1) is 0 Å². The summed E-state index contributed by atoms with van der Waals surface area (Å²) in [6.45, 7) is 3.72. The molecule has 104 valence electrons. The summed E-state index contributed by atoms with van der Waals surface area (Å²) >= 11 is 0. The molecule has 0 spiro atoms. The Hall–Kier alpha value is -1.39. The predicted octanol–water partition coefficient (Wildman–Crippen LogP) is 1.47. The maximum Gasteiger partial charge on any atom is 0.258 e. The molecule has 2 atom stereocenters. The summed E-state index contributed by atoms with van der Waals surface area (Å²) < 4.78 is 27.1. The number of aromatic amines is 1. The number of nitriles is 1. The van der Waals surface area contributed by atoms with Crippen molar-refractivity contribution in [1.82, 2.24) is 14.7 Å². The monoisotopic (exact) mass is 282 g/mol. The molecule has 0 aliphatic heterocycles. The first-order valence-electron chi connectivity index (χ1n) is 6.34. The first kappa shape index (κ1) is 14.0. The Morgan fingerprint density at radius 1 is 1.63 bits per heavy atom. The van der Waals surface area contributed by atoms with Crippen LogP contribution in [0.15, 0.2) is 11.2 Å². The normalized spacial score (nSPS) is 27.9. The quantitative estimate of drug-likeness (QED) is 0.877. The Morgan fingerprint density at radius 2 is 2.37 bits per heavy atom. The van der Waals surface area contributed by atoms with Gasteiger partial charge in [0.25, 0.3) is 10.0 Å². The number of nitrogens with one attached hydrogen (secondary N) is 2. The Bertz CT molecular complexity index is 601. The fourth-order valence-corrected chi connectivity index (χ4v) is 3.94. The molecule has 0 aromatic carbocycles. The summed E-state index contributed by atoms with van der Waals surface area (Å²) in [7, 11) is -3.72. The Balaban J connectivity index is 2.25. The third-order valence-electron chi connectivity index (χ3n) is 3.51. The molecule has 6 nitrogen and oxygen atoms in total. The smallest absolute Gasteiger partial charge is 0.258 e. The largest absolute Gasteiger partial charge is 0.332 e. The molecule has 1 saturated carbocycles. The highest BCUT2D eigenvalue weighted by Gasteiger charge is 2.39. The number of sulfonamides is 1. The minimum Gasteiger partial charge on any atom is -0.332 e. The van der Waals surface area contributed by atoms with Crippen LogP contribution in [0.4, 0.5) is 0 Å². The number of imidazole rings is 1. The van der Waals surface area contributed by atoms with E-state index in [1.165, 1.54) is 6.20 Å². The molecule has 1 aromatic rings. The van der Waals surface area contributed by atoms with Crippen molar-refractivity contribution in [2.45, 2.75) is 50.1 Å². The third-order valence-corrected chi connectivity index (χ3v) is 4.96. The summed E-state index contributed by atoms with van der Waals surface area (Å²) in [6, 6.07) is 2.16. The lowest BCUT2D eigenvalue weighted by Gasteiger charge is -2.34. The highest BCUT2D eigenvalue weighted by molar-refractivity contribution is 7.89. The Labute approximate surface area is 113 Å². The van der Waals surface area contributed by atoms with E-state index in [4.69, 9.17) is 0 Å². The number of aromatic nitrogens is 2. The second-order valence-corrected chi connectivity index (χ2v) is 6.98. The van der Waals surface area contributed by atoms with Crippen LogP contribution in [0.2, 0.25) is 0 Å². The standard InChI is InChI=1S/C12H18N4O2S/c1-9-4-3-5-12(6-9,8-13)16-19(17,18)11-7-14-10(2)15-11/h7,9,16H,3-6H2,1-2H3,(H,14,15). The van der Waals surface area contributed by atoms with E-state index in [1.807, 2.05) is 6.92 Å². The average Bonchev–Trinajstić information content (AvgIpc) is 2.76. The van der Waals surface area contributed by atoms with E-state index in [9.17, 15) is 13.7 Å². The minimum atomic E-state index is -3.72. The van der Waals surface area contributed by atoms with E-state index in [2.05, 4.69) is 20.8 Å². The molecule has 1 heterocycles. The topological polar surface area (TPSA) is 98.6 Å². The van der Waals surface area contributed by atoms with Gasteiger partial charge in [0.1, 0.15) is 11.4 Å². The highest BCUT2D eigenvalue weighted by atomic mass is 32.2. The lowest BCUT2D eigenvalue weighted by molar-refractivity contribution is 0.270. The van der Waals surface area contributed by atoms with Crippen LogP contribution in [0, 0.1) is 24.2 Å². The van der Waals surface area contributed by atoms with E-state index < -0.39 is 15.6 Å². The lowest BCUT2D eigenvalue weighted by Crippen LogP contribution is -2.50. The van der Waals surface area contributed by atoms with Gasteiger partial charge in [-0.25, -0.2) is 13.4 Å². The van der Waals surface area contributed by atoms with Crippen molar-refractivity contribution in [3.05, 3.63) is 12.0 Å². The first-order valence-corrected chi connectivity index (χ1v) is 7.82. The number of H-pyrrole nitrogens is 1. The molecular formula is C12H18N4O2S. The molecule has 0 bridgehead atoms. The van der Waals surface area contributed by atoms with Crippen LogP contribution in [0.5, 0.6) is 0 Å². The Kier molecular flexibility index (Phi) is 3.65. The van der Waals surface area contributed by atoms with Gasteiger partial charge in [-0.3, -0.25) is 0 Å². The summed E-state index contributed by atoms with van der Waals surface area (Å²) in [4.78, 5) is 6.57. The second kappa shape index (κ2) is 4.94. The molecule has 1 fully saturated rings. The van der Waals surface area contributed by atoms with Crippen molar-refractivity contribution >= 4 is 10.0 Å². The lowest BCUT2D eigenvalue weighted by atomic mass is 9.78. The zero-order valence-corrected chi connectivity index (χ0v) is 11.9. The fourth-order valence-electron chi connectivity index (χ4n) is 2.62. The van der Waals surface area contributed by atoms with Crippen molar-refractivity contribution in [3.63, 3.8) is 0 Å². The Morgan fingerprint density at radius 3 is 2.89 bits per heavy atom. The number of aryl methyl sites for hydroxylation is 1. The van der Waals surface area contributed by atoms with Crippen LogP contribution < -0.4 is 4.72 Å². The predicted molar refractivity (Wildman–Crippen MR) is 69.6 cm³/mol. The van der Waals surface area contributed by atoms with Crippen LogP contribution in [-0.2, 0) is 10.0 Å². The van der Waals surface area contributed by atoms with E-state index in [1.54, 1.807) is 6.92 Å². The summed E-state index contributed by atoms with van der Waals surface area (Å²) in [5, 5.41) is 9.38. The van der Waals surface area contributed by atoms with Crippen molar-refractivity contribution in [2.75, 3.05) is 0 Å². The van der Waals surface area contributed by atoms with Crippen LogP contribution >= 0.6 is 0 Å². The van der Waals surface area contributed by atoms with Gasteiger partial charge < -0.3 is 4.98 Å². The summed E-state index contributed by atoms with van der Waals surface area (Å²) in [5.41, 5.74) is -0.991. The molecule has 7 heteroatoms. The molecule has 1 aromatic heterocycles. The third kappa shape index (κ3) is 2.96. The molecule has 2 unspecified atom stereocenters. The first-order chi connectivity index (χ1) is 8.87. The van der Waals surface area contributed by atoms with E-state index in [-0.39, 0.29) is 5.03 Å². The zero-order valence-electron chi connectivity index (χ0n) is 11.1. The molecule has 0 amide bonds. The second-order valence-electron chi connectivity index (χ2n) is 5.33. The molecule has 1 aliphatic rings. The van der Waals surface area contributed by atoms with Gasteiger partial charge in [0.05, 0.1) is 12.3 Å².